The Kier molecular flexibility index (Phi) is 4.07. The third kappa shape index (κ3) is 3.51. The highest BCUT2D eigenvalue weighted by Gasteiger charge is 2.41. The summed E-state index contributed by atoms with van der Waals surface area (Å²) in [5, 5.41) is 13.9. The summed E-state index contributed by atoms with van der Waals surface area (Å²) in [7, 11) is 0. The van der Waals surface area contributed by atoms with Crippen LogP contribution in [0, 0.1) is 0 Å². The van der Waals surface area contributed by atoms with Crippen LogP contribution in [-0.4, -0.2) is 38.6 Å². The van der Waals surface area contributed by atoms with Crippen molar-refractivity contribution in [3.8, 4) is 0 Å². The highest BCUT2D eigenvalue weighted by atomic mass is 32.2. The number of rotatable bonds is 6. The Morgan fingerprint density at radius 1 is 1.48 bits per heavy atom. The zero-order valence-corrected chi connectivity index (χ0v) is 13.1. The maximum Gasteiger partial charge on any atom is 0.259 e. The van der Waals surface area contributed by atoms with Gasteiger partial charge in [-0.25, -0.2) is 4.98 Å². The Labute approximate surface area is 130 Å². The van der Waals surface area contributed by atoms with Crippen molar-refractivity contribution in [3.05, 3.63) is 29.4 Å². The number of carbonyl (C=O) groups is 1. The van der Waals surface area contributed by atoms with E-state index in [0.717, 1.165) is 12.4 Å². The first-order valence-electron chi connectivity index (χ1n) is 6.53. The highest BCUT2D eigenvalue weighted by molar-refractivity contribution is 8.00. The second-order valence-electron chi connectivity index (χ2n) is 4.87. The number of thioether (sulfide) groups is 1. The molecule has 8 heteroatoms. The summed E-state index contributed by atoms with van der Waals surface area (Å²) in [6.07, 6.45) is 6.22. The van der Waals surface area contributed by atoms with Gasteiger partial charge in [0.2, 0.25) is 5.13 Å². The monoisotopic (exact) mass is 321 g/mol. The quantitative estimate of drug-likeness (QED) is 0.851. The predicted molar refractivity (Wildman–Crippen MR) is 86.1 cm³/mol. The Balaban J connectivity index is 1.57. The number of aromatic nitrogens is 3. The van der Waals surface area contributed by atoms with Crippen LogP contribution in [0.3, 0.4) is 0 Å². The van der Waals surface area contributed by atoms with E-state index in [-0.39, 0.29) is 5.91 Å². The van der Waals surface area contributed by atoms with E-state index in [9.17, 15) is 4.79 Å². The van der Waals surface area contributed by atoms with Gasteiger partial charge in [-0.3, -0.25) is 10.1 Å². The van der Waals surface area contributed by atoms with Crippen LogP contribution in [0.1, 0.15) is 23.2 Å². The SMILES string of the molecule is CSC1(CNc2ccc(C(=O)Nc3nncs3)cn2)CC1. The van der Waals surface area contributed by atoms with E-state index < -0.39 is 0 Å². The summed E-state index contributed by atoms with van der Waals surface area (Å²) >= 11 is 3.18. The van der Waals surface area contributed by atoms with E-state index in [1.807, 2.05) is 17.8 Å². The summed E-state index contributed by atoms with van der Waals surface area (Å²) in [5.41, 5.74) is 2.07. The Hall–Kier alpha value is -1.67. The van der Waals surface area contributed by atoms with Gasteiger partial charge in [0.1, 0.15) is 11.3 Å². The lowest BCUT2D eigenvalue weighted by Crippen LogP contribution is -2.18. The van der Waals surface area contributed by atoms with Crippen LogP contribution in [0.15, 0.2) is 23.8 Å². The lowest BCUT2D eigenvalue weighted by Gasteiger charge is -2.13. The van der Waals surface area contributed by atoms with Crippen LogP contribution in [0.5, 0.6) is 0 Å². The molecule has 6 nitrogen and oxygen atoms in total. The fourth-order valence-corrected chi connectivity index (χ4v) is 3.04. The minimum absolute atomic E-state index is 0.228. The van der Waals surface area contributed by atoms with Crippen LogP contribution < -0.4 is 10.6 Å². The molecule has 2 N–H and O–H groups in total. The molecule has 1 amide bonds. The molecule has 2 heterocycles. The van der Waals surface area contributed by atoms with Gasteiger partial charge in [-0.1, -0.05) is 11.3 Å². The number of anilines is 2. The number of hydrogen-bond acceptors (Lipinski definition) is 7. The molecular weight excluding hydrogens is 306 g/mol. The molecule has 2 aromatic rings. The van der Waals surface area contributed by atoms with Crippen LogP contribution in [0.2, 0.25) is 0 Å². The molecule has 21 heavy (non-hydrogen) atoms. The van der Waals surface area contributed by atoms with Crippen molar-refractivity contribution in [1.82, 2.24) is 15.2 Å². The smallest absolute Gasteiger partial charge is 0.259 e. The number of amides is 1. The van der Waals surface area contributed by atoms with Gasteiger partial charge in [-0.15, -0.1) is 10.2 Å². The molecule has 3 rings (SSSR count). The van der Waals surface area contributed by atoms with E-state index >= 15 is 0 Å². The van der Waals surface area contributed by atoms with Gasteiger partial charge in [0.15, 0.2) is 0 Å². The first-order chi connectivity index (χ1) is 10.2. The third-order valence-corrected chi connectivity index (χ3v) is 5.46. The zero-order chi connectivity index (χ0) is 14.7. The number of nitrogens with one attached hydrogen (secondary N) is 2. The maximum atomic E-state index is 12.0. The van der Waals surface area contributed by atoms with Crippen molar-refractivity contribution in [1.29, 1.82) is 0 Å². The van der Waals surface area contributed by atoms with E-state index in [2.05, 4.69) is 32.1 Å². The number of hydrogen-bond donors (Lipinski definition) is 2. The largest absolute Gasteiger partial charge is 0.369 e. The molecule has 110 valence electrons. The van der Waals surface area contributed by atoms with Gasteiger partial charge in [-0.2, -0.15) is 11.8 Å². The van der Waals surface area contributed by atoms with Gasteiger partial charge in [0, 0.05) is 17.5 Å². The highest BCUT2D eigenvalue weighted by Crippen LogP contribution is 2.46. The first-order valence-corrected chi connectivity index (χ1v) is 8.64. The predicted octanol–water partition coefficient (Wildman–Crippen LogP) is 2.49. The van der Waals surface area contributed by atoms with Gasteiger partial charge in [0.05, 0.1) is 5.56 Å². The summed E-state index contributed by atoms with van der Waals surface area (Å²) in [6.45, 7) is 0.914. The molecule has 1 saturated carbocycles. The molecule has 1 aliphatic rings. The lowest BCUT2D eigenvalue weighted by molar-refractivity contribution is 0.102. The number of pyridine rings is 1. The van der Waals surface area contributed by atoms with Gasteiger partial charge in [-0.05, 0) is 31.2 Å². The molecule has 0 saturated heterocycles. The second kappa shape index (κ2) is 5.98. The molecule has 1 fully saturated rings. The molecule has 0 unspecified atom stereocenters. The van der Waals surface area contributed by atoms with Gasteiger partial charge < -0.3 is 5.32 Å². The summed E-state index contributed by atoms with van der Waals surface area (Å²) in [4.78, 5) is 16.2. The van der Waals surface area contributed by atoms with Crippen LogP contribution >= 0.6 is 23.1 Å². The van der Waals surface area contributed by atoms with Crippen molar-refractivity contribution in [3.63, 3.8) is 0 Å². The van der Waals surface area contributed by atoms with Crippen molar-refractivity contribution >= 4 is 40.0 Å². The molecule has 0 atom stereocenters. The van der Waals surface area contributed by atoms with Crippen molar-refractivity contribution in [2.75, 3.05) is 23.4 Å². The molecule has 1 aliphatic carbocycles. The van der Waals surface area contributed by atoms with Crippen molar-refractivity contribution in [2.45, 2.75) is 17.6 Å². The van der Waals surface area contributed by atoms with E-state index in [1.165, 1.54) is 24.2 Å². The lowest BCUT2D eigenvalue weighted by atomic mass is 10.2. The van der Waals surface area contributed by atoms with Crippen LogP contribution in [0.4, 0.5) is 10.9 Å². The summed E-state index contributed by atoms with van der Waals surface area (Å²) in [6, 6.07) is 3.58. The van der Waals surface area contributed by atoms with E-state index in [1.54, 1.807) is 17.8 Å². The molecule has 0 bridgehead atoms. The summed E-state index contributed by atoms with van der Waals surface area (Å²) in [5.74, 6) is 0.566. The second-order valence-corrected chi connectivity index (χ2v) is 6.98. The van der Waals surface area contributed by atoms with E-state index in [4.69, 9.17) is 0 Å². The Morgan fingerprint density at radius 2 is 2.33 bits per heavy atom. The van der Waals surface area contributed by atoms with E-state index in [0.29, 0.717) is 15.4 Å². The maximum absolute atomic E-state index is 12.0. The average molecular weight is 321 g/mol. The molecular formula is C13H15N5OS2. The van der Waals surface area contributed by atoms with Gasteiger partial charge >= 0.3 is 0 Å². The van der Waals surface area contributed by atoms with Crippen molar-refractivity contribution in [2.24, 2.45) is 0 Å². The number of carbonyl (C=O) groups excluding carboxylic acids is 1. The molecule has 0 aromatic carbocycles. The van der Waals surface area contributed by atoms with Crippen molar-refractivity contribution < 1.29 is 4.79 Å². The minimum atomic E-state index is -0.228. The number of nitrogens with zero attached hydrogens (tertiary/aromatic N) is 3. The third-order valence-electron chi connectivity index (χ3n) is 3.44. The minimum Gasteiger partial charge on any atom is -0.369 e. The Morgan fingerprint density at radius 3 is 2.90 bits per heavy atom. The fraction of sp³-hybridized carbons (Fsp3) is 0.385. The topological polar surface area (TPSA) is 79.8 Å². The fourth-order valence-electron chi connectivity index (χ4n) is 1.87. The van der Waals surface area contributed by atoms with Crippen LogP contribution in [0.25, 0.3) is 0 Å². The van der Waals surface area contributed by atoms with Gasteiger partial charge in [0.25, 0.3) is 5.91 Å². The molecule has 2 aromatic heterocycles. The zero-order valence-electron chi connectivity index (χ0n) is 11.5. The normalized spacial score (nSPS) is 15.5. The average Bonchev–Trinajstić information content (AvgIpc) is 3.13. The molecule has 0 radical (unpaired) electrons. The first kappa shape index (κ1) is 14.3. The van der Waals surface area contributed by atoms with Crippen LogP contribution in [-0.2, 0) is 0 Å². The standard InChI is InChI=1S/C13H15N5OS2/c1-20-13(4-5-13)7-15-10-3-2-9(6-14-10)11(19)17-12-18-16-8-21-12/h2-3,6,8H,4-5,7H2,1H3,(H,14,15)(H,17,18,19). The Bertz CT molecular complexity index is 610. The summed E-state index contributed by atoms with van der Waals surface area (Å²) < 4.78 is 0.384. The molecule has 0 spiro atoms. The molecule has 0 aliphatic heterocycles.